The number of carbonyl (C=O) groups excluding carboxylic acids is 1. The molecule has 1 N–H and O–H groups in total. The highest BCUT2D eigenvalue weighted by Crippen LogP contribution is 2.26. The van der Waals surface area contributed by atoms with E-state index >= 15 is 0 Å². The highest BCUT2D eigenvalue weighted by Gasteiger charge is 2.15. The number of nitro groups is 1. The lowest BCUT2D eigenvalue weighted by Crippen LogP contribution is -2.12. The van der Waals surface area contributed by atoms with Crippen molar-refractivity contribution in [2.45, 2.75) is 6.92 Å². The van der Waals surface area contributed by atoms with Crippen molar-refractivity contribution < 1.29 is 19.2 Å². The molecular weight excluding hydrogens is 396 g/mol. The molecule has 0 atom stereocenters. The van der Waals surface area contributed by atoms with E-state index in [0.29, 0.717) is 23.8 Å². The number of ether oxygens (including phenoxy) is 2. The number of nitrogens with one attached hydrogen (secondary N) is 1. The molecule has 0 saturated heterocycles. The molecule has 1 amide bonds. The zero-order valence-corrected chi connectivity index (χ0v) is 16.2. The summed E-state index contributed by atoms with van der Waals surface area (Å²) in [5, 5.41) is 13.5. The fourth-order valence-corrected chi connectivity index (χ4v) is 2.77. The Bertz CT molecular complexity index is 1020. The highest BCUT2D eigenvalue weighted by molar-refractivity contribution is 6.34. The van der Waals surface area contributed by atoms with Crippen molar-refractivity contribution >= 4 is 28.9 Å². The standard InChI is InChI=1S/C21H17ClN2O5/c1-2-28-16-8-10-18(11-9-16)29-17-6-3-14(4-7-17)23-21(25)19-12-5-15(24(26)27)13-20(19)22/h3-13H,2H2,1H3,(H,23,25). The largest absolute Gasteiger partial charge is 0.494 e. The summed E-state index contributed by atoms with van der Waals surface area (Å²) in [5.74, 6) is 1.55. The Labute approximate surface area is 172 Å². The lowest BCUT2D eigenvalue weighted by molar-refractivity contribution is -0.384. The van der Waals surface area contributed by atoms with Crippen LogP contribution in [0.2, 0.25) is 5.02 Å². The van der Waals surface area contributed by atoms with Crippen LogP contribution in [0.4, 0.5) is 11.4 Å². The number of hydrogen-bond acceptors (Lipinski definition) is 5. The Morgan fingerprint density at radius 1 is 1.00 bits per heavy atom. The van der Waals surface area contributed by atoms with Gasteiger partial charge in [-0.3, -0.25) is 14.9 Å². The van der Waals surface area contributed by atoms with Gasteiger partial charge < -0.3 is 14.8 Å². The van der Waals surface area contributed by atoms with E-state index in [9.17, 15) is 14.9 Å². The summed E-state index contributed by atoms with van der Waals surface area (Å²) in [5.41, 5.74) is 0.498. The molecule has 3 aromatic rings. The quantitative estimate of drug-likeness (QED) is 0.397. The van der Waals surface area contributed by atoms with E-state index in [1.165, 1.54) is 12.1 Å². The van der Waals surface area contributed by atoms with E-state index in [4.69, 9.17) is 21.1 Å². The summed E-state index contributed by atoms with van der Waals surface area (Å²) in [6.07, 6.45) is 0. The molecule has 0 aliphatic carbocycles. The van der Waals surface area contributed by atoms with Crippen molar-refractivity contribution in [1.29, 1.82) is 0 Å². The first-order valence-electron chi connectivity index (χ1n) is 8.72. The highest BCUT2D eigenvalue weighted by atomic mass is 35.5. The molecule has 0 saturated carbocycles. The summed E-state index contributed by atoms with van der Waals surface area (Å²) < 4.78 is 11.1. The minimum Gasteiger partial charge on any atom is -0.494 e. The molecule has 148 valence electrons. The van der Waals surface area contributed by atoms with E-state index in [-0.39, 0.29) is 16.3 Å². The van der Waals surface area contributed by atoms with Crippen LogP contribution in [0.25, 0.3) is 0 Å². The number of non-ortho nitro benzene ring substituents is 1. The molecule has 0 bridgehead atoms. The van der Waals surface area contributed by atoms with Crippen molar-refractivity contribution in [1.82, 2.24) is 0 Å². The first-order chi connectivity index (χ1) is 14.0. The first-order valence-corrected chi connectivity index (χ1v) is 9.10. The number of rotatable bonds is 7. The van der Waals surface area contributed by atoms with Gasteiger partial charge >= 0.3 is 0 Å². The Kier molecular flexibility index (Phi) is 6.31. The Hall–Kier alpha value is -3.58. The summed E-state index contributed by atoms with van der Waals surface area (Å²) >= 11 is 5.99. The molecule has 8 heteroatoms. The number of anilines is 1. The number of amides is 1. The van der Waals surface area contributed by atoms with Gasteiger partial charge in [0.2, 0.25) is 0 Å². The summed E-state index contributed by atoms with van der Waals surface area (Å²) in [6.45, 7) is 2.51. The predicted molar refractivity (Wildman–Crippen MR) is 110 cm³/mol. The zero-order valence-electron chi connectivity index (χ0n) is 15.4. The Morgan fingerprint density at radius 3 is 2.14 bits per heavy atom. The van der Waals surface area contributed by atoms with E-state index in [0.717, 1.165) is 11.8 Å². The number of halogens is 1. The van der Waals surface area contributed by atoms with Crippen LogP contribution in [0, 0.1) is 10.1 Å². The first kappa shape index (κ1) is 20.2. The van der Waals surface area contributed by atoms with Crippen molar-refractivity contribution in [3.05, 3.63) is 87.4 Å². The number of hydrogen-bond donors (Lipinski definition) is 1. The smallest absolute Gasteiger partial charge is 0.270 e. The maximum absolute atomic E-state index is 12.4. The van der Waals surface area contributed by atoms with Crippen LogP contribution in [0.5, 0.6) is 17.2 Å². The lowest BCUT2D eigenvalue weighted by Gasteiger charge is -2.09. The third kappa shape index (κ3) is 5.24. The van der Waals surface area contributed by atoms with Gasteiger partial charge in [0.25, 0.3) is 11.6 Å². The molecule has 0 fully saturated rings. The average molecular weight is 413 g/mol. The molecule has 0 heterocycles. The van der Waals surface area contributed by atoms with E-state index < -0.39 is 10.8 Å². The zero-order chi connectivity index (χ0) is 20.8. The maximum Gasteiger partial charge on any atom is 0.270 e. The van der Waals surface area contributed by atoms with Crippen LogP contribution in [0.1, 0.15) is 17.3 Å². The molecule has 3 aromatic carbocycles. The molecule has 0 aliphatic rings. The van der Waals surface area contributed by atoms with Gasteiger partial charge in [-0.05, 0) is 61.5 Å². The second-order valence-electron chi connectivity index (χ2n) is 5.91. The summed E-state index contributed by atoms with van der Waals surface area (Å²) in [7, 11) is 0. The summed E-state index contributed by atoms with van der Waals surface area (Å²) in [6, 6.07) is 17.7. The number of carbonyl (C=O) groups is 1. The van der Waals surface area contributed by atoms with Crippen LogP contribution in [0.15, 0.2) is 66.7 Å². The molecule has 0 radical (unpaired) electrons. The van der Waals surface area contributed by atoms with Crippen LogP contribution in [0.3, 0.4) is 0 Å². The number of nitro benzene ring substituents is 1. The molecule has 0 aliphatic heterocycles. The number of nitrogens with zero attached hydrogens (tertiary/aromatic N) is 1. The Balaban J connectivity index is 1.64. The van der Waals surface area contributed by atoms with Gasteiger partial charge in [-0.2, -0.15) is 0 Å². The van der Waals surface area contributed by atoms with Gasteiger partial charge in [-0.25, -0.2) is 0 Å². The minimum atomic E-state index is -0.573. The molecule has 7 nitrogen and oxygen atoms in total. The van der Waals surface area contributed by atoms with E-state index in [1.807, 2.05) is 19.1 Å². The SMILES string of the molecule is CCOc1ccc(Oc2ccc(NC(=O)c3ccc([N+](=O)[O-])cc3Cl)cc2)cc1. The second kappa shape index (κ2) is 9.07. The molecule has 0 aromatic heterocycles. The minimum absolute atomic E-state index is 0.00662. The lowest BCUT2D eigenvalue weighted by atomic mass is 10.2. The van der Waals surface area contributed by atoms with Crippen LogP contribution in [-0.2, 0) is 0 Å². The number of benzene rings is 3. The third-order valence-corrected chi connectivity index (χ3v) is 4.20. The maximum atomic E-state index is 12.4. The van der Waals surface area contributed by atoms with Crippen LogP contribution < -0.4 is 14.8 Å². The Morgan fingerprint density at radius 2 is 1.59 bits per heavy atom. The van der Waals surface area contributed by atoms with E-state index in [1.54, 1.807) is 36.4 Å². The van der Waals surface area contributed by atoms with Crippen LogP contribution >= 0.6 is 11.6 Å². The van der Waals surface area contributed by atoms with Crippen molar-refractivity contribution in [3.63, 3.8) is 0 Å². The fourth-order valence-electron chi connectivity index (χ4n) is 2.51. The monoisotopic (exact) mass is 412 g/mol. The van der Waals surface area contributed by atoms with Gasteiger partial charge in [0, 0.05) is 17.8 Å². The van der Waals surface area contributed by atoms with Crippen LogP contribution in [-0.4, -0.2) is 17.4 Å². The van der Waals surface area contributed by atoms with Gasteiger partial charge in [0.05, 0.1) is 22.1 Å². The van der Waals surface area contributed by atoms with Gasteiger partial charge in [0.1, 0.15) is 17.2 Å². The predicted octanol–water partition coefficient (Wildman–Crippen LogP) is 5.69. The second-order valence-corrected chi connectivity index (χ2v) is 6.31. The van der Waals surface area contributed by atoms with Crippen molar-refractivity contribution in [2.24, 2.45) is 0 Å². The van der Waals surface area contributed by atoms with Crippen molar-refractivity contribution in [2.75, 3.05) is 11.9 Å². The third-order valence-electron chi connectivity index (χ3n) is 3.89. The topological polar surface area (TPSA) is 90.7 Å². The molecule has 3 rings (SSSR count). The van der Waals surface area contributed by atoms with Gasteiger partial charge in [0.15, 0.2) is 0 Å². The summed E-state index contributed by atoms with van der Waals surface area (Å²) in [4.78, 5) is 22.6. The van der Waals surface area contributed by atoms with Gasteiger partial charge in [-0.1, -0.05) is 11.6 Å². The molecule has 0 unspecified atom stereocenters. The van der Waals surface area contributed by atoms with Gasteiger partial charge in [-0.15, -0.1) is 0 Å². The van der Waals surface area contributed by atoms with E-state index in [2.05, 4.69) is 5.32 Å². The molecule has 29 heavy (non-hydrogen) atoms. The fraction of sp³-hybridized carbons (Fsp3) is 0.0952. The molecular formula is C21H17ClN2O5. The normalized spacial score (nSPS) is 10.3. The molecule has 0 spiro atoms. The van der Waals surface area contributed by atoms with Crippen molar-refractivity contribution in [3.8, 4) is 17.2 Å². The average Bonchev–Trinajstić information content (AvgIpc) is 2.71.